The molecule has 0 aromatic carbocycles. The van der Waals surface area contributed by atoms with Gasteiger partial charge in [-0.05, 0) is 32.7 Å². The van der Waals surface area contributed by atoms with Crippen LogP contribution in [0.1, 0.15) is 39.5 Å². The molecule has 2 atom stereocenters. The van der Waals surface area contributed by atoms with Gasteiger partial charge in [0.1, 0.15) is 0 Å². The molecule has 2 unspecified atom stereocenters. The van der Waals surface area contributed by atoms with Crippen LogP contribution in [0, 0.1) is 0 Å². The molecule has 0 aromatic heterocycles. The zero-order valence-electron chi connectivity index (χ0n) is 12.7. The molecule has 5 nitrogen and oxygen atoms in total. The van der Waals surface area contributed by atoms with Crippen molar-refractivity contribution in [3.05, 3.63) is 0 Å². The zero-order chi connectivity index (χ0) is 14.4. The molecule has 2 fully saturated rings. The zero-order valence-corrected chi connectivity index (χ0v) is 12.7. The summed E-state index contributed by atoms with van der Waals surface area (Å²) in [5.41, 5.74) is -0.108. The average Bonchev–Trinajstić information content (AvgIpc) is 2.86. The van der Waals surface area contributed by atoms with E-state index >= 15 is 0 Å². The number of esters is 1. The fraction of sp³-hybridized carbons (Fsp3) is 0.933. The first-order chi connectivity index (χ1) is 9.69. The Hall–Kier alpha value is -0.650. The van der Waals surface area contributed by atoms with Gasteiger partial charge in [-0.15, -0.1) is 0 Å². The van der Waals surface area contributed by atoms with E-state index in [2.05, 4.69) is 11.8 Å². The predicted molar refractivity (Wildman–Crippen MR) is 75.6 cm³/mol. The molecular weight excluding hydrogens is 258 g/mol. The smallest absolute Gasteiger partial charge is 0.320 e. The van der Waals surface area contributed by atoms with E-state index in [0.717, 1.165) is 45.4 Å². The average molecular weight is 285 g/mol. The lowest BCUT2D eigenvalue weighted by Crippen LogP contribution is -2.50. The third-order valence-electron chi connectivity index (χ3n) is 4.20. The quantitative estimate of drug-likeness (QED) is 0.694. The maximum atomic E-state index is 11.8. The minimum atomic E-state index is -0.121. The third-order valence-corrected chi connectivity index (χ3v) is 4.20. The first kappa shape index (κ1) is 15.7. The highest BCUT2D eigenvalue weighted by molar-refractivity contribution is 5.71. The molecule has 20 heavy (non-hydrogen) atoms. The van der Waals surface area contributed by atoms with Gasteiger partial charge in [-0.3, -0.25) is 9.69 Å². The van der Waals surface area contributed by atoms with E-state index < -0.39 is 0 Å². The van der Waals surface area contributed by atoms with Gasteiger partial charge >= 0.3 is 5.97 Å². The number of ether oxygens (including phenoxy) is 3. The van der Waals surface area contributed by atoms with Crippen molar-refractivity contribution >= 4 is 5.97 Å². The fourth-order valence-corrected chi connectivity index (χ4v) is 3.23. The van der Waals surface area contributed by atoms with Gasteiger partial charge in [0.25, 0.3) is 0 Å². The van der Waals surface area contributed by atoms with Gasteiger partial charge < -0.3 is 14.2 Å². The Kier molecular flexibility index (Phi) is 5.81. The van der Waals surface area contributed by atoms with E-state index in [1.165, 1.54) is 0 Å². The van der Waals surface area contributed by atoms with Crippen LogP contribution in [0.5, 0.6) is 0 Å². The van der Waals surface area contributed by atoms with Gasteiger partial charge in [-0.1, -0.05) is 6.92 Å². The second-order valence-electron chi connectivity index (χ2n) is 5.76. The summed E-state index contributed by atoms with van der Waals surface area (Å²) in [4.78, 5) is 14.0. The Morgan fingerprint density at radius 1 is 1.40 bits per heavy atom. The number of nitrogens with zero attached hydrogens (tertiary/aromatic N) is 1. The van der Waals surface area contributed by atoms with Crippen molar-refractivity contribution in [2.75, 3.05) is 39.5 Å². The Balaban J connectivity index is 1.95. The van der Waals surface area contributed by atoms with Crippen LogP contribution >= 0.6 is 0 Å². The molecule has 0 aromatic rings. The molecule has 0 radical (unpaired) electrons. The topological polar surface area (TPSA) is 48.0 Å². The summed E-state index contributed by atoms with van der Waals surface area (Å²) in [6, 6.07) is 0.398. The number of rotatable bonds is 6. The summed E-state index contributed by atoms with van der Waals surface area (Å²) in [6.07, 6.45) is 3.97. The number of hydrogen-bond acceptors (Lipinski definition) is 5. The molecule has 2 rings (SSSR count). The molecule has 0 amide bonds. The predicted octanol–water partition coefficient (Wildman–Crippen LogP) is 1.60. The largest absolute Gasteiger partial charge is 0.465 e. The molecule has 0 N–H and O–H groups in total. The van der Waals surface area contributed by atoms with Crippen LogP contribution in [0.25, 0.3) is 0 Å². The van der Waals surface area contributed by atoms with Crippen LogP contribution in [-0.2, 0) is 19.0 Å². The van der Waals surface area contributed by atoms with Gasteiger partial charge in [0.2, 0.25) is 0 Å². The van der Waals surface area contributed by atoms with E-state index in [-0.39, 0.29) is 11.6 Å². The van der Waals surface area contributed by atoms with E-state index in [0.29, 0.717) is 25.8 Å². The normalized spacial score (nSPS) is 30.1. The lowest BCUT2D eigenvalue weighted by molar-refractivity contribution is -0.148. The summed E-state index contributed by atoms with van der Waals surface area (Å²) in [6.45, 7) is 8.01. The van der Waals surface area contributed by atoms with E-state index in [1.807, 2.05) is 6.92 Å². The molecule has 116 valence electrons. The number of carbonyl (C=O) groups is 1. The van der Waals surface area contributed by atoms with E-state index in [9.17, 15) is 4.79 Å². The highest BCUT2D eigenvalue weighted by Crippen LogP contribution is 2.34. The van der Waals surface area contributed by atoms with Gasteiger partial charge in [0.05, 0.1) is 25.4 Å². The molecular formula is C15H27NO4. The van der Waals surface area contributed by atoms with Crippen molar-refractivity contribution < 1.29 is 19.0 Å². The van der Waals surface area contributed by atoms with Gasteiger partial charge in [0.15, 0.2) is 0 Å². The first-order valence-corrected chi connectivity index (χ1v) is 7.80. The molecule has 1 spiro atoms. The first-order valence-electron chi connectivity index (χ1n) is 7.80. The lowest BCUT2D eigenvalue weighted by atomic mass is 9.88. The van der Waals surface area contributed by atoms with Crippen LogP contribution in [-0.4, -0.2) is 62.0 Å². The minimum Gasteiger partial charge on any atom is -0.465 e. The van der Waals surface area contributed by atoms with Gasteiger partial charge in [-0.25, -0.2) is 0 Å². The van der Waals surface area contributed by atoms with Crippen LogP contribution in [0.3, 0.4) is 0 Å². The van der Waals surface area contributed by atoms with E-state index in [1.54, 1.807) is 0 Å². The van der Waals surface area contributed by atoms with Crippen molar-refractivity contribution in [1.82, 2.24) is 4.90 Å². The Morgan fingerprint density at radius 3 is 2.90 bits per heavy atom. The molecule has 2 heterocycles. The second-order valence-corrected chi connectivity index (χ2v) is 5.76. The fourth-order valence-electron chi connectivity index (χ4n) is 3.23. The maximum Gasteiger partial charge on any atom is 0.320 e. The molecule has 2 saturated heterocycles. The lowest BCUT2D eigenvalue weighted by Gasteiger charge is -2.41. The van der Waals surface area contributed by atoms with Crippen molar-refractivity contribution in [2.45, 2.75) is 51.2 Å². The second kappa shape index (κ2) is 7.38. The van der Waals surface area contributed by atoms with Crippen LogP contribution in [0.2, 0.25) is 0 Å². The third kappa shape index (κ3) is 3.93. The Labute approximate surface area is 121 Å². The van der Waals surface area contributed by atoms with Crippen molar-refractivity contribution in [3.8, 4) is 0 Å². The SMILES string of the molecule is CCCN(CC(=O)OCC)C1CCOC2(CCOC2)C1. The van der Waals surface area contributed by atoms with Crippen LogP contribution in [0.15, 0.2) is 0 Å². The monoisotopic (exact) mass is 285 g/mol. The highest BCUT2D eigenvalue weighted by atomic mass is 16.6. The molecule has 0 aliphatic carbocycles. The molecule has 2 aliphatic rings. The summed E-state index contributed by atoms with van der Waals surface area (Å²) < 4.78 is 16.6. The highest BCUT2D eigenvalue weighted by Gasteiger charge is 2.42. The van der Waals surface area contributed by atoms with Crippen LogP contribution < -0.4 is 0 Å². The van der Waals surface area contributed by atoms with Crippen molar-refractivity contribution in [1.29, 1.82) is 0 Å². The maximum absolute atomic E-state index is 11.8. The Morgan fingerprint density at radius 2 is 2.25 bits per heavy atom. The molecule has 5 heteroatoms. The Bertz CT molecular complexity index is 315. The van der Waals surface area contributed by atoms with Crippen molar-refractivity contribution in [2.24, 2.45) is 0 Å². The number of carbonyl (C=O) groups excluding carboxylic acids is 1. The molecule has 0 bridgehead atoms. The molecule has 2 aliphatic heterocycles. The summed E-state index contributed by atoms with van der Waals surface area (Å²) in [7, 11) is 0. The van der Waals surface area contributed by atoms with Gasteiger partial charge in [-0.2, -0.15) is 0 Å². The summed E-state index contributed by atoms with van der Waals surface area (Å²) >= 11 is 0. The van der Waals surface area contributed by atoms with Gasteiger partial charge in [0, 0.05) is 25.7 Å². The molecule has 0 saturated carbocycles. The standard InChI is InChI=1S/C15H27NO4/c1-3-7-16(11-14(17)19-4-2)13-5-8-20-15(10-13)6-9-18-12-15/h13H,3-12H2,1-2H3. The minimum absolute atomic E-state index is 0.108. The van der Waals surface area contributed by atoms with Crippen molar-refractivity contribution in [3.63, 3.8) is 0 Å². The summed E-state index contributed by atoms with van der Waals surface area (Å²) in [5.74, 6) is -0.121. The number of hydrogen-bond donors (Lipinski definition) is 0. The van der Waals surface area contributed by atoms with Crippen LogP contribution in [0.4, 0.5) is 0 Å². The summed E-state index contributed by atoms with van der Waals surface area (Å²) in [5, 5.41) is 0. The van der Waals surface area contributed by atoms with E-state index in [4.69, 9.17) is 14.2 Å².